The molecule has 0 atom stereocenters. The Morgan fingerprint density at radius 1 is 0.750 bits per heavy atom. The zero-order chi connectivity index (χ0) is 4.50. The first-order valence-electron chi connectivity index (χ1n) is 0.667. The van der Waals surface area contributed by atoms with Gasteiger partial charge in [-0.1, -0.05) is 0 Å². The molecule has 0 amide bonds. The molecule has 0 bridgehead atoms. The second kappa shape index (κ2) is 29.4. The van der Waals surface area contributed by atoms with Gasteiger partial charge < -0.3 is 21.9 Å². The Morgan fingerprint density at radius 2 is 0.750 bits per heavy atom. The Morgan fingerprint density at radius 3 is 0.750 bits per heavy atom. The van der Waals surface area contributed by atoms with E-state index in [4.69, 9.17) is 15.9 Å². The Hall–Kier alpha value is 1.45. The van der Waals surface area contributed by atoms with Gasteiger partial charge in [0.2, 0.25) is 0 Å². The van der Waals surface area contributed by atoms with Gasteiger partial charge in [0.1, 0.15) is 0 Å². The van der Waals surface area contributed by atoms with Crippen LogP contribution in [0.4, 0.5) is 0 Å². The van der Waals surface area contributed by atoms with E-state index in [0.717, 1.165) is 0 Å². The van der Waals surface area contributed by atoms with E-state index in [1.54, 1.807) is 0 Å². The van der Waals surface area contributed by atoms with Gasteiger partial charge in [0.15, 0.2) is 0 Å². The molecule has 12 heavy (non-hydrogen) atoms. The van der Waals surface area contributed by atoms with Gasteiger partial charge in [-0.15, -0.1) is 0 Å². The molecule has 0 spiro atoms. The average molecular weight is 375 g/mol. The fourth-order valence-electron chi connectivity index (χ4n) is 0. The van der Waals surface area contributed by atoms with E-state index in [0.29, 0.717) is 0 Å². The minimum absolute atomic E-state index is 0. The second-order valence-corrected chi connectivity index (χ2v) is 1.68. The Balaban J connectivity index is -0.00000000381. The zero-order valence-electron chi connectivity index (χ0n) is 4.76. The molecule has 0 aromatic rings. The quantitative estimate of drug-likeness (QED) is 0.384. The molecule has 4 N–H and O–H groups in total. The monoisotopic (exact) mass is 373 g/mol. The van der Waals surface area contributed by atoms with E-state index in [-0.39, 0.29) is 73.1 Å². The summed E-state index contributed by atoms with van der Waals surface area (Å²) in [6.07, 6.45) is 0. The maximum absolute atomic E-state index is 8.59. The van der Waals surface area contributed by atoms with Crippen molar-refractivity contribution in [3.8, 4) is 0 Å². The summed E-state index contributed by atoms with van der Waals surface area (Å²) in [5.41, 5.74) is 0. The molecule has 0 fully saturated rings. The topological polar surface area (TPSA) is 200 Å². The molecule has 0 unspecified atom stereocenters. The maximum atomic E-state index is 8.59. The average Bonchev–Trinajstić information content (AvgIpc) is 0.722. The van der Waals surface area contributed by atoms with Crippen LogP contribution in [-0.4, -0.2) is 11.0 Å². The van der Waals surface area contributed by atoms with E-state index in [9.17, 15) is 0 Å². The van der Waals surface area contributed by atoms with Crippen molar-refractivity contribution in [2.24, 2.45) is 0 Å². The van der Waals surface area contributed by atoms with Crippen LogP contribution in [0.25, 0.3) is 0 Å². The van der Waals surface area contributed by atoms with E-state index < -0.39 is 13.6 Å². The van der Waals surface area contributed by atoms with E-state index in [2.05, 4.69) is 0 Å². The summed E-state index contributed by atoms with van der Waals surface area (Å²) in [4.78, 5) is 0. The van der Waals surface area contributed by atoms with Gasteiger partial charge in [-0.2, -0.15) is 0 Å². The van der Waals surface area contributed by atoms with Crippen molar-refractivity contribution in [2.45, 2.75) is 0 Å². The normalized spacial score (nSPS) is 4.83. The number of hydrogen-bond acceptors (Lipinski definition) is 4. The molecule has 0 aliphatic carbocycles. The van der Waals surface area contributed by atoms with Crippen molar-refractivity contribution < 1.29 is 103 Å². The number of hydrogen-bond donors (Lipinski definition) is 0. The van der Waals surface area contributed by atoms with Crippen molar-refractivity contribution in [2.75, 3.05) is 0 Å². The molecule has 0 aromatic carbocycles. The zero-order valence-corrected chi connectivity index (χ0v) is 8.86. The van der Waals surface area contributed by atoms with Crippen LogP contribution in [0.15, 0.2) is 0 Å². The molecule has 3 radical (unpaired) electrons. The third kappa shape index (κ3) is 594. The van der Waals surface area contributed by atoms with E-state index in [1.165, 1.54) is 0 Å². The van der Waals surface area contributed by atoms with Gasteiger partial charge in [-0.3, -0.25) is 0 Å². The van der Waals surface area contributed by atoms with Gasteiger partial charge in [-0.25, -0.2) is 0 Å². The van der Waals surface area contributed by atoms with Crippen LogP contribution >= 0.6 is 0 Å². The number of rotatable bonds is 0. The van der Waals surface area contributed by atoms with Gasteiger partial charge in [0.05, 0.1) is 0 Å². The van der Waals surface area contributed by atoms with Crippen molar-refractivity contribution >= 4 is 0 Å². The fraction of sp³-hybridized carbons (Fsp3) is 0. The molecule has 0 aliphatic heterocycles. The Labute approximate surface area is 102 Å². The van der Waals surface area contributed by atoms with Crippen LogP contribution in [-0.2, 0) is 83.4 Å². The molecular weight excluding hydrogens is 371 g/mol. The first kappa shape index (κ1) is 70.2. The van der Waals surface area contributed by atoms with E-state index >= 15 is 0 Å². The molecule has 0 saturated carbocycles. The van der Waals surface area contributed by atoms with Crippen molar-refractivity contribution in [1.29, 1.82) is 0 Å². The van der Waals surface area contributed by atoms with Gasteiger partial charge in [-0.05, 0) is 0 Å². The predicted octanol–water partition coefficient (Wildman–Crippen LogP) is -4.51. The molecule has 8 nitrogen and oxygen atoms in total. The third-order valence-corrected chi connectivity index (χ3v) is 0. The van der Waals surface area contributed by atoms with Crippen LogP contribution in [0.3, 0.4) is 0 Å². The SMILES string of the molecule is O.O.[Cu+2].[Cu+2].[Cu+2].[O-2].[O-2].[O]=[Cr](=[O])([O-])[O-]. The van der Waals surface area contributed by atoms with Gasteiger partial charge in [0, 0.05) is 0 Å². The summed E-state index contributed by atoms with van der Waals surface area (Å²) in [5, 5.41) is 0. The minimum atomic E-state index is -5.75. The fourth-order valence-corrected chi connectivity index (χ4v) is 0. The standard InChI is InChI=1S/Cr.3Cu.2H2O.6O/h;;;;2*1H2;;;;;;/q;3*+2;;;;;2*-2;2*-1. The summed E-state index contributed by atoms with van der Waals surface area (Å²) in [5.74, 6) is 0. The molecule has 12 heteroatoms. The molecule has 0 aliphatic rings. The summed E-state index contributed by atoms with van der Waals surface area (Å²) < 4.78 is 34.4. The predicted molar refractivity (Wildman–Crippen MR) is 9.97 cm³/mol. The van der Waals surface area contributed by atoms with Gasteiger partial charge in [0.25, 0.3) is 0 Å². The van der Waals surface area contributed by atoms with Crippen molar-refractivity contribution in [1.82, 2.24) is 0 Å². The van der Waals surface area contributed by atoms with E-state index in [1.807, 2.05) is 0 Å². The second-order valence-electron chi connectivity index (χ2n) is 0.408. The van der Waals surface area contributed by atoms with Crippen LogP contribution in [0.1, 0.15) is 0 Å². The summed E-state index contributed by atoms with van der Waals surface area (Å²) in [6, 6.07) is 0. The summed E-state index contributed by atoms with van der Waals surface area (Å²) in [7, 11) is 0. The van der Waals surface area contributed by atoms with Crippen LogP contribution in [0.2, 0.25) is 0 Å². The Bertz CT molecular complexity index is 97.5. The van der Waals surface area contributed by atoms with Crippen LogP contribution in [0, 0.1) is 0 Å². The van der Waals surface area contributed by atoms with Gasteiger partial charge >= 0.3 is 80.7 Å². The van der Waals surface area contributed by atoms with Crippen molar-refractivity contribution in [3.63, 3.8) is 0 Å². The first-order chi connectivity index (χ1) is 2.00. The third-order valence-electron chi connectivity index (χ3n) is 0. The molecule has 0 heterocycles. The molecule has 91 valence electrons. The van der Waals surface area contributed by atoms with Crippen LogP contribution < -0.4 is 8.32 Å². The summed E-state index contributed by atoms with van der Waals surface area (Å²) in [6.45, 7) is 0. The van der Waals surface area contributed by atoms with Crippen molar-refractivity contribution in [3.05, 3.63) is 0 Å². The Kier molecular flexibility index (Phi) is 172. The summed E-state index contributed by atoms with van der Waals surface area (Å²) >= 11 is -5.75. The molecule has 0 saturated heterocycles. The molecular formula is H4CrCu3O8. The molecule has 0 rings (SSSR count). The first-order valence-corrected chi connectivity index (χ1v) is 2.75. The molecule has 0 aromatic heterocycles. The van der Waals surface area contributed by atoms with Crippen LogP contribution in [0.5, 0.6) is 0 Å².